The van der Waals surface area contributed by atoms with Crippen molar-refractivity contribution in [2.75, 3.05) is 82.1 Å². The second kappa shape index (κ2) is 14.1. The van der Waals surface area contributed by atoms with E-state index in [1.54, 1.807) is 47.4 Å². The molecule has 0 spiro atoms. The Labute approximate surface area is 286 Å². The Balaban J connectivity index is 1.28. The van der Waals surface area contributed by atoms with E-state index in [0.717, 1.165) is 16.8 Å². The highest BCUT2D eigenvalue weighted by Crippen LogP contribution is 2.33. The number of nitrogens with zero attached hydrogens (tertiary/aromatic N) is 5. The summed E-state index contributed by atoms with van der Waals surface area (Å²) >= 11 is 0. The molecular formula is C36H40N6O6S. The fourth-order valence-corrected chi connectivity index (χ4v) is 8.26. The van der Waals surface area contributed by atoms with Crippen LogP contribution in [0.2, 0.25) is 0 Å². The highest BCUT2D eigenvalue weighted by atomic mass is 32.2. The second-order valence-electron chi connectivity index (χ2n) is 12.2. The number of sulfonamides is 1. The number of esters is 1. The minimum atomic E-state index is -4.19. The van der Waals surface area contributed by atoms with Crippen LogP contribution in [-0.2, 0) is 19.6 Å². The van der Waals surface area contributed by atoms with E-state index >= 15 is 0 Å². The van der Waals surface area contributed by atoms with Crippen molar-refractivity contribution in [1.29, 1.82) is 0 Å². The Bertz CT molecular complexity index is 1950. The standard InChI is InChI=1S/C36H40N6O6S/c1-38(2)31-13-7-12-30-29(31)11-8-14-33(30)49(46,47)42-24-23-41(36(45)37-27-17-15-26(16-18-27)35(44)48-3)25-32(42)34(43)40-21-19-39(20-22-40)28-9-5-4-6-10-28/h4-18,32H,19-25H2,1-3H3,(H,37,45). The van der Waals surface area contributed by atoms with Crippen LogP contribution in [0.3, 0.4) is 0 Å². The number of urea groups is 1. The van der Waals surface area contributed by atoms with E-state index < -0.39 is 28.1 Å². The predicted molar refractivity (Wildman–Crippen MR) is 190 cm³/mol. The molecule has 49 heavy (non-hydrogen) atoms. The van der Waals surface area contributed by atoms with Gasteiger partial charge in [-0.05, 0) is 48.5 Å². The lowest BCUT2D eigenvalue weighted by atomic mass is 10.1. The summed E-state index contributed by atoms with van der Waals surface area (Å²) < 4.78 is 35.2. The van der Waals surface area contributed by atoms with Crippen LogP contribution in [0.15, 0.2) is 95.9 Å². The molecular weight excluding hydrogens is 644 g/mol. The maximum atomic E-state index is 14.6. The molecule has 1 N–H and O–H groups in total. The summed E-state index contributed by atoms with van der Waals surface area (Å²) in [7, 11) is 0.911. The van der Waals surface area contributed by atoms with Crippen LogP contribution in [0, 0.1) is 0 Å². The first-order valence-corrected chi connectivity index (χ1v) is 17.6. The molecule has 0 saturated carbocycles. The van der Waals surface area contributed by atoms with Gasteiger partial charge in [0.15, 0.2) is 0 Å². The number of fused-ring (bicyclic) bond motifs is 1. The summed E-state index contributed by atoms with van der Waals surface area (Å²) in [6.07, 6.45) is 0. The van der Waals surface area contributed by atoms with Crippen LogP contribution in [0.5, 0.6) is 0 Å². The van der Waals surface area contributed by atoms with Gasteiger partial charge in [-0.1, -0.05) is 42.5 Å². The molecule has 2 aliphatic heterocycles. The Hall–Kier alpha value is -5.14. The highest BCUT2D eigenvalue weighted by Gasteiger charge is 2.44. The van der Waals surface area contributed by atoms with Gasteiger partial charge in [-0.25, -0.2) is 18.0 Å². The van der Waals surface area contributed by atoms with Crippen LogP contribution in [0.1, 0.15) is 10.4 Å². The van der Waals surface area contributed by atoms with Crippen molar-refractivity contribution < 1.29 is 27.5 Å². The largest absolute Gasteiger partial charge is 0.465 e. The van der Waals surface area contributed by atoms with Crippen LogP contribution < -0.4 is 15.1 Å². The third-order valence-electron chi connectivity index (χ3n) is 9.10. The summed E-state index contributed by atoms with van der Waals surface area (Å²) in [5.74, 6) is -0.837. The number of carbonyl (C=O) groups is 3. The average Bonchev–Trinajstić information content (AvgIpc) is 3.14. The average molecular weight is 685 g/mol. The number of hydrogen-bond acceptors (Lipinski definition) is 8. The number of amides is 3. The topological polar surface area (TPSA) is 123 Å². The van der Waals surface area contributed by atoms with Gasteiger partial charge in [0.25, 0.3) is 0 Å². The lowest BCUT2D eigenvalue weighted by Crippen LogP contribution is -2.63. The van der Waals surface area contributed by atoms with E-state index in [4.69, 9.17) is 4.74 Å². The second-order valence-corrected chi connectivity index (χ2v) is 14.1. The van der Waals surface area contributed by atoms with E-state index in [1.165, 1.54) is 16.3 Å². The minimum absolute atomic E-state index is 0.0683. The number of piperazine rings is 2. The third kappa shape index (κ3) is 6.90. The summed E-state index contributed by atoms with van der Waals surface area (Å²) in [4.78, 5) is 47.1. The molecule has 1 unspecified atom stereocenters. The molecule has 2 saturated heterocycles. The summed E-state index contributed by atoms with van der Waals surface area (Å²) in [6.45, 7) is 1.90. The molecule has 6 rings (SSSR count). The van der Waals surface area contributed by atoms with Gasteiger partial charge in [-0.15, -0.1) is 0 Å². The van der Waals surface area contributed by atoms with Gasteiger partial charge in [0.2, 0.25) is 15.9 Å². The van der Waals surface area contributed by atoms with E-state index in [0.29, 0.717) is 42.8 Å². The molecule has 4 aromatic rings. The van der Waals surface area contributed by atoms with Crippen molar-refractivity contribution in [2.45, 2.75) is 10.9 Å². The number of hydrogen-bond donors (Lipinski definition) is 1. The molecule has 0 aliphatic carbocycles. The smallest absolute Gasteiger partial charge is 0.337 e. The molecule has 2 fully saturated rings. The minimum Gasteiger partial charge on any atom is -0.465 e. The first-order valence-electron chi connectivity index (χ1n) is 16.1. The Morgan fingerprint density at radius 2 is 1.41 bits per heavy atom. The van der Waals surface area contributed by atoms with Crippen LogP contribution in [0.4, 0.5) is 21.9 Å². The number of rotatable bonds is 7. The predicted octanol–water partition coefficient (Wildman–Crippen LogP) is 3.95. The van der Waals surface area contributed by atoms with Crippen molar-refractivity contribution in [2.24, 2.45) is 0 Å². The Kier molecular flexibility index (Phi) is 9.74. The number of carbonyl (C=O) groups excluding carboxylic acids is 3. The van der Waals surface area contributed by atoms with Gasteiger partial charge in [0.1, 0.15) is 6.04 Å². The van der Waals surface area contributed by atoms with Crippen molar-refractivity contribution in [3.05, 3.63) is 96.6 Å². The van der Waals surface area contributed by atoms with Gasteiger partial charge in [-0.2, -0.15) is 4.31 Å². The lowest BCUT2D eigenvalue weighted by molar-refractivity contribution is -0.137. The zero-order valence-electron chi connectivity index (χ0n) is 27.8. The third-order valence-corrected chi connectivity index (χ3v) is 11.1. The molecule has 0 bridgehead atoms. The van der Waals surface area contributed by atoms with Crippen molar-refractivity contribution >= 4 is 55.8 Å². The number of benzene rings is 4. The number of nitrogens with one attached hydrogen (secondary N) is 1. The molecule has 2 aliphatic rings. The van der Waals surface area contributed by atoms with Gasteiger partial charge in [-0.3, -0.25) is 4.79 Å². The molecule has 13 heteroatoms. The molecule has 0 radical (unpaired) electrons. The highest BCUT2D eigenvalue weighted by molar-refractivity contribution is 7.89. The van der Waals surface area contributed by atoms with E-state index in [1.807, 2.05) is 67.5 Å². The van der Waals surface area contributed by atoms with Gasteiger partial charge >= 0.3 is 12.0 Å². The SMILES string of the molecule is COC(=O)c1ccc(NC(=O)N2CCN(S(=O)(=O)c3cccc4c(N(C)C)cccc34)C(C(=O)N3CCN(c4ccccc4)CC3)C2)cc1. The number of anilines is 3. The molecule has 256 valence electrons. The van der Waals surface area contributed by atoms with Crippen LogP contribution in [0.25, 0.3) is 10.8 Å². The van der Waals surface area contributed by atoms with Crippen molar-refractivity contribution in [3.63, 3.8) is 0 Å². The summed E-state index contributed by atoms with van der Waals surface area (Å²) in [6, 6.07) is 25.3. The zero-order valence-corrected chi connectivity index (χ0v) is 28.6. The molecule has 12 nitrogen and oxygen atoms in total. The van der Waals surface area contributed by atoms with Crippen LogP contribution in [-0.4, -0.2) is 113 Å². The van der Waals surface area contributed by atoms with Gasteiger partial charge in [0, 0.05) is 87.7 Å². The summed E-state index contributed by atoms with van der Waals surface area (Å²) in [5.41, 5.74) is 2.72. The molecule has 1 atom stereocenters. The summed E-state index contributed by atoms with van der Waals surface area (Å²) in [5, 5.41) is 4.16. The van der Waals surface area contributed by atoms with Crippen molar-refractivity contribution in [1.82, 2.24) is 14.1 Å². The first kappa shape index (κ1) is 33.7. The number of para-hydroxylation sites is 1. The van der Waals surface area contributed by atoms with Crippen LogP contribution >= 0.6 is 0 Å². The Morgan fingerprint density at radius 1 is 0.755 bits per heavy atom. The van der Waals surface area contributed by atoms with Crippen molar-refractivity contribution in [3.8, 4) is 0 Å². The molecule has 3 amide bonds. The first-order chi connectivity index (χ1) is 23.6. The fourth-order valence-electron chi connectivity index (χ4n) is 6.49. The lowest BCUT2D eigenvalue weighted by Gasteiger charge is -2.43. The zero-order chi connectivity index (χ0) is 34.7. The van der Waals surface area contributed by atoms with E-state index in [-0.39, 0.29) is 30.4 Å². The maximum Gasteiger partial charge on any atom is 0.337 e. The normalized spacial score (nSPS) is 17.1. The monoisotopic (exact) mass is 684 g/mol. The van der Waals surface area contributed by atoms with Gasteiger partial charge in [0.05, 0.1) is 17.6 Å². The number of ether oxygens (including phenoxy) is 1. The fraction of sp³-hybridized carbons (Fsp3) is 0.306. The van der Waals surface area contributed by atoms with E-state index in [2.05, 4.69) is 10.2 Å². The maximum absolute atomic E-state index is 14.6. The number of methoxy groups -OCH3 is 1. The molecule has 4 aromatic carbocycles. The quantitative estimate of drug-likeness (QED) is 0.291. The Morgan fingerprint density at radius 3 is 2.08 bits per heavy atom. The molecule has 2 heterocycles. The van der Waals surface area contributed by atoms with E-state index in [9.17, 15) is 22.8 Å². The molecule has 0 aromatic heterocycles. The van der Waals surface area contributed by atoms with Gasteiger partial charge < -0.3 is 29.7 Å².